The lowest BCUT2D eigenvalue weighted by Gasteiger charge is -2.12. The predicted molar refractivity (Wildman–Crippen MR) is 125 cm³/mol. The number of hydrogen-bond donors (Lipinski definition) is 1. The Morgan fingerprint density at radius 2 is 1.84 bits per heavy atom. The minimum absolute atomic E-state index is 0.245. The van der Waals surface area contributed by atoms with Crippen molar-refractivity contribution in [3.8, 4) is 11.1 Å². The van der Waals surface area contributed by atoms with E-state index in [2.05, 4.69) is 15.3 Å². The molecule has 0 saturated carbocycles. The molecule has 2 aromatic carbocycles. The normalized spacial score (nSPS) is 11.1. The van der Waals surface area contributed by atoms with Crippen LogP contribution in [0.1, 0.15) is 12.5 Å². The fraction of sp³-hybridized carbons (Fsp3) is 0.174. The van der Waals surface area contributed by atoms with E-state index in [4.69, 9.17) is 27.9 Å². The lowest BCUT2D eigenvalue weighted by molar-refractivity contribution is 0.134. The Morgan fingerprint density at radius 3 is 2.58 bits per heavy atom. The van der Waals surface area contributed by atoms with Crippen molar-refractivity contribution < 1.29 is 4.74 Å². The van der Waals surface area contributed by atoms with Crippen LogP contribution >= 0.6 is 23.2 Å². The van der Waals surface area contributed by atoms with Crippen LogP contribution in [0.25, 0.3) is 22.2 Å². The number of aryl methyl sites for hydroxylation is 1. The third-order valence-corrected chi connectivity index (χ3v) is 5.47. The van der Waals surface area contributed by atoms with E-state index in [0.717, 1.165) is 11.3 Å². The molecule has 0 aliphatic carbocycles. The van der Waals surface area contributed by atoms with Crippen molar-refractivity contribution in [1.82, 2.24) is 14.5 Å². The van der Waals surface area contributed by atoms with Crippen molar-refractivity contribution in [3.63, 3.8) is 0 Å². The van der Waals surface area contributed by atoms with Gasteiger partial charge in [-0.25, -0.2) is 4.98 Å². The predicted octanol–water partition coefficient (Wildman–Crippen LogP) is 5.58. The average molecular weight is 455 g/mol. The number of fused-ring (bicyclic) bond motifs is 1. The number of nitrogens with zero attached hydrogens (tertiary/aromatic N) is 3. The quantitative estimate of drug-likeness (QED) is 0.411. The fourth-order valence-corrected chi connectivity index (χ4v) is 3.93. The highest BCUT2D eigenvalue weighted by molar-refractivity contribution is 6.39. The molecule has 0 radical (unpaired) electrons. The van der Waals surface area contributed by atoms with E-state index in [1.807, 2.05) is 31.2 Å². The Morgan fingerprint density at radius 1 is 1.10 bits per heavy atom. The minimum Gasteiger partial charge on any atom is -0.377 e. The average Bonchev–Trinajstić information content (AvgIpc) is 2.76. The van der Waals surface area contributed by atoms with Gasteiger partial charge in [0.15, 0.2) is 0 Å². The topological polar surface area (TPSA) is 69.0 Å². The number of aromatic nitrogens is 3. The van der Waals surface area contributed by atoms with Crippen LogP contribution < -0.4 is 10.9 Å². The van der Waals surface area contributed by atoms with E-state index in [1.54, 1.807) is 37.5 Å². The summed E-state index contributed by atoms with van der Waals surface area (Å²) in [6.07, 6.45) is 1.67. The van der Waals surface area contributed by atoms with Crippen LogP contribution in [0.2, 0.25) is 10.0 Å². The lowest BCUT2D eigenvalue weighted by Crippen LogP contribution is -2.20. The van der Waals surface area contributed by atoms with Crippen molar-refractivity contribution in [1.29, 1.82) is 0 Å². The zero-order valence-corrected chi connectivity index (χ0v) is 18.5. The molecule has 0 aliphatic rings. The molecule has 4 aromatic rings. The molecule has 158 valence electrons. The first kappa shape index (κ1) is 21.3. The lowest BCUT2D eigenvalue weighted by atomic mass is 10.1. The molecule has 0 amide bonds. The summed E-state index contributed by atoms with van der Waals surface area (Å²) in [4.78, 5) is 22.0. The van der Waals surface area contributed by atoms with Gasteiger partial charge in [0.25, 0.3) is 5.56 Å². The van der Waals surface area contributed by atoms with Crippen molar-refractivity contribution in [2.24, 2.45) is 7.05 Å². The summed E-state index contributed by atoms with van der Waals surface area (Å²) in [7, 11) is 1.67. The van der Waals surface area contributed by atoms with Crippen LogP contribution in [0.5, 0.6) is 0 Å². The van der Waals surface area contributed by atoms with Gasteiger partial charge in [0.05, 0.1) is 22.2 Å². The van der Waals surface area contributed by atoms with Gasteiger partial charge in [-0.2, -0.15) is 4.98 Å². The van der Waals surface area contributed by atoms with Gasteiger partial charge in [-0.1, -0.05) is 41.4 Å². The third-order valence-electron chi connectivity index (χ3n) is 4.84. The molecule has 31 heavy (non-hydrogen) atoms. The molecule has 8 heteroatoms. The largest absolute Gasteiger partial charge is 0.377 e. The Balaban J connectivity index is 1.73. The second-order valence-electron chi connectivity index (χ2n) is 6.95. The molecule has 0 unspecified atom stereocenters. The standard InChI is InChI=1S/C23H20Cl2N4O2/c1-3-31-13-14-6-4-7-16(10-14)27-23-26-12-15-11-17(22(30)29(2)21(15)28-23)20-18(24)8-5-9-19(20)25/h4-12H,3,13H2,1-2H3,(H,26,27,28). The number of halogens is 2. The SMILES string of the molecule is CCOCc1cccc(Nc2ncc3cc(-c4c(Cl)cccc4Cl)c(=O)n(C)c3n2)c1. The summed E-state index contributed by atoms with van der Waals surface area (Å²) in [5.74, 6) is 0.389. The van der Waals surface area contributed by atoms with Crippen molar-refractivity contribution in [2.45, 2.75) is 13.5 Å². The van der Waals surface area contributed by atoms with E-state index in [0.29, 0.717) is 51.4 Å². The molecular formula is C23H20Cl2N4O2. The minimum atomic E-state index is -0.245. The number of anilines is 2. The van der Waals surface area contributed by atoms with E-state index < -0.39 is 0 Å². The summed E-state index contributed by atoms with van der Waals surface area (Å²) in [5, 5.41) is 4.71. The van der Waals surface area contributed by atoms with Crippen LogP contribution in [0.3, 0.4) is 0 Å². The smallest absolute Gasteiger partial charge is 0.259 e. The van der Waals surface area contributed by atoms with Gasteiger partial charge >= 0.3 is 0 Å². The second kappa shape index (κ2) is 9.06. The third kappa shape index (κ3) is 4.42. The first-order valence-corrected chi connectivity index (χ1v) is 10.5. The molecule has 0 bridgehead atoms. The van der Waals surface area contributed by atoms with Crippen LogP contribution in [-0.2, 0) is 18.4 Å². The van der Waals surface area contributed by atoms with Gasteiger partial charge in [0.2, 0.25) is 5.95 Å². The number of hydrogen-bond acceptors (Lipinski definition) is 5. The maximum atomic E-state index is 13.1. The Bertz CT molecular complexity index is 1300. The van der Waals surface area contributed by atoms with Crippen LogP contribution in [0, 0.1) is 0 Å². The van der Waals surface area contributed by atoms with Crippen LogP contribution in [0.15, 0.2) is 59.5 Å². The zero-order chi connectivity index (χ0) is 22.0. The van der Waals surface area contributed by atoms with Gasteiger partial charge in [0, 0.05) is 36.5 Å². The highest BCUT2D eigenvalue weighted by atomic mass is 35.5. The number of ether oxygens (including phenoxy) is 1. The molecule has 0 atom stereocenters. The maximum absolute atomic E-state index is 13.1. The van der Waals surface area contributed by atoms with E-state index in [-0.39, 0.29) is 5.56 Å². The molecule has 4 rings (SSSR count). The van der Waals surface area contributed by atoms with Crippen LogP contribution in [0.4, 0.5) is 11.6 Å². The highest BCUT2D eigenvalue weighted by Gasteiger charge is 2.16. The highest BCUT2D eigenvalue weighted by Crippen LogP contribution is 2.33. The fourth-order valence-electron chi connectivity index (χ4n) is 3.33. The maximum Gasteiger partial charge on any atom is 0.259 e. The van der Waals surface area contributed by atoms with Crippen molar-refractivity contribution >= 4 is 45.9 Å². The number of benzene rings is 2. The summed E-state index contributed by atoms with van der Waals surface area (Å²) >= 11 is 12.6. The molecule has 0 aliphatic heterocycles. The first-order valence-electron chi connectivity index (χ1n) is 9.72. The summed E-state index contributed by atoms with van der Waals surface area (Å²) in [6, 6.07) is 14.7. The molecule has 1 N–H and O–H groups in total. The number of rotatable bonds is 6. The van der Waals surface area contributed by atoms with E-state index >= 15 is 0 Å². The Labute approximate surface area is 189 Å². The van der Waals surface area contributed by atoms with Crippen molar-refractivity contribution in [2.75, 3.05) is 11.9 Å². The Hall–Kier alpha value is -2.93. The van der Waals surface area contributed by atoms with Gasteiger partial charge in [-0.15, -0.1) is 0 Å². The zero-order valence-electron chi connectivity index (χ0n) is 17.0. The molecule has 2 aromatic heterocycles. The molecule has 6 nitrogen and oxygen atoms in total. The molecule has 2 heterocycles. The number of pyridine rings is 1. The summed E-state index contributed by atoms with van der Waals surface area (Å²) < 4.78 is 6.93. The molecule has 0 spiro atoms. The molecule has 0 saturated heterocycles. The van der Waals surface area contributed by atoms with Crippen LogP contribution in [-0.4, -0.2) is 21.1 Å². The monoisotopic (exact) mass is 454 g/mol. The van der Waals surface area contributed by atoms with Gasteiger partial charge < -0.3 is 10.1 Å². The van der Waals surface area contributed by atoms with E-state index in [1.165, 1.54) is 4.57 Å². The molecule has 0 fully saturated rings. The second-order valence-corrected chi connectivity index (χ2v) is 7.77. The first-order chi connectivity index (χ1) is 15.0. The van der Waals surface area contributed by atoms with E-state index in [9.17, 15) is 4.79 Å². The summed E-state index contributed by atoms with van der Waals surface area (Å²) in [5.41, 5.74) is 3.04. The van der Waals surface area contributed by atoms with Gasteiger partial charge in [0.1, 0.15) is 5.65 Å². The van der Waals surface area contributed by atoms with Crippen molar-refractivity contribution in [3.05, 3.63) is 80.7 Å². The number of nitrogens with one attached hydrogen (secondary N) is 1. The Kier molecular flexibility index (Phi) is 6.23. The van der Waals surface area contributed by atoms with Gasteiger partial charge in [-0.3, -0.25) is 9.36 Å². The molecular weight excluding hydrogens is 435 g/mol. The summed E-state index contributed by atoms with van der Waals surface area (Å²) in [6.45, 7) is 3.15. The van der Waals surface area contributed by atoms with Gasteiger partial charge in [-0.05, 0) is 42.8 Å².